The summed E-state index contributed by atoms with van der Waals surface area (Å²) in [6.07, 6.45) is 0.250. The van der Waals surface area contributed by atoms with Crippen LogP contribution in [0.25, 0.3) is 10.9 Å². The molecule has 0 aliphatic heterocycles. The Kier molecular flexibility index (Phi) is 3.87. The van der Waals surface area contributed by atoms with Crippen LogP contribution in [-0.2, 0) is 4.79 Å². The summed E-state index contributed by atoms with van der Waals surface area (Å²) in [5.74, 6) is 0. The van der Waals surface area contributed by atoms with Crippen molar-refractivity contribution in [3.63, 3.8) is 0 Å². The Hall–Kier alpha value is -2.30. The molecule has 0 saturated heterocycles. The van der Waals surface area contributed by atoms with Crippen LogP contribution in [0.2, 0.25) is 0 Å². The number of hydrogen-bond acceptors (Lipinski definition) is 2. The van der Waals surface area contributed by atoms with E-state index < -0.39 is 6.03 Å². The molecule has 0 unspecified atom stereocenters. The molecule has 0 aliphatic rings. The van der Waals surface area contributed by atoms with Crippen LogP contribution in [0.4, 0.5) is 4.79 Å². The summed E-state index contributed by atoms with van der Waals surface area (Å²) in [5.41, 5.74) is 12.4. The van der Waals surface area contributed by atoms with Crippen molar-refractivity contribution in [1.82, 2.24) is 4.57 Å². The average Bonchev–Trinajstić information content (AvgIpc) is 2.53. The van der Waals surface area contributed by atoms with Gasteiger partial charge < -0.3 is 11.5 Å². The lowest BCUT2D eigenvalue weighted by Crippen LogP contribution is -2.20. The van der Waals surface area contributed by atoms with E-state index in [9.17, 15) is 4.79 Å². The van der Waals surface area contributed by atoms with Crippen LogP contribution in [0.5, 0.6) is 0 Å². The van der Waals surface area contributed by atoms with E-state index in [1.54, 1.807) is 4.57 Å². The number of rotatable bonds is 0. The van der Waals surface area contributed by atoms with Crippen molar-refractivity contribution >= 4 is 23.3 Å². The minimum atomic E-state index is -0.424. The molecule has 2 amide bonds. The van der Waals surface area contributed by atoms with E-state index in [0.29, 0.717) is 0 Å². The standard InChI is InChI=1S/C11H12N2O.CH3NO/c1-7-8(2)13(11(12)14)10-6-4-3-5-9(7)10;2-1-3/h3-6H,1-2H3,(H2,12,14);1H,(H2,2,3). The molecule has 90 valence electrons. The molecule has 1 aromatic heterocycles. The van der Waals surface area contributed by atoms with Crippen molar-refractivity contribution in [1.29, 1.82) is 0 Å². The molecule has 1 heterocycles. The van der Waals surface area contributed by atoms with Gasteiger partial charge in [0, 0.05) is 11.1 Å². The molecule has 0 radical (unpaired) electrons. The fourth-order valence-corrected chi connectivity index (χ4v) is 1.81. The van der Waals surface area contributed by atoms with Gasteiger partial charge in [-0.15, -0.1) is 0 Å². The predicted molar refractivity (Wildman–Crippen MR) is 66.6 cm³/mol. The Morgan fingerprint density at radius 1 is 1.29 bits per heavy atom. The summed E-state index contributed by atoms with van der Waals surface area (Å²) in [5, 5.41) is 1.09. The normalized spacial score (nSPS) is 9.53. The van der Waals surface area contributed by atoms with Crippen LogP contribution in [0.1, 0.15) is 11.3 Å². The lowest BCUT2D eigenvalue weighted by molar-refractivity contribution is -0.106. The molecule has 0 spiro atoms. The fourth-order valence-electron chi connectivity index (χ4n) is 1.81. The lowest BCUT2D eigenvalue weighted by Gasteiger charge is -2.00. The van der Waals surface area contributed by atoms with Gasteiger partial charge in [-0.05, 0) is 25.5 Å². The highest BCUT2D eigenvalue weighted by Gasteiger charge is 2.12. The maximum Gasteiger partial charge on any atom is 0.323 e. The third-order valence-electron chi connectivity index (χ3n) is 2.65. The Morgan fingerprint density at radius 3 is 2.35 bits per heavy atom. The number of nitrogens with two attached hydrogens (primary N) is 2. The number of para-hydroxylation sites is 1. The maximum atomic E-state index is 11.2. The van der Waals surface area contributed by atoms with E-state index in [-0.39, 0.29) is 6.41 Å². The first-order valence-corrected chi connectivity index (χ1v) is 5.06. The molecular weight excluding hydrogens is 218 g/mol. The second-order valence-corrected chi connectivity index (χ2v) is 3.54. The zero-order valence-corrected chi connectivity index (χ0v) is 9.81. The molecule has 0 fully saturated rings. The molecule has 4 N–H and O–H groups in total. The Balaban J connectivity index is 0.000000437. The lowest BCUT2D eigenvalue weighted by atomic mass is 10.2. The summed E-state index contributed by atoms with van der Waals surface area (Å²) >= 11 is 0. The molecule has 0 saturated carbocycles. The topological polar surface area (TPSA) is 91.1 Å². The molecule has 17 heavy (non-hydrogen) atoms. The third-order valence-corrected chi connectivity index (χ3v) is 2.65. The molecule has 5 nitrogen and oxygen atoms in total. The number of fused-ring (bicyclic) bond motifs is 1. The number of benzene rings is 1. The number of aryl methyl sites for hydroxylation is 1. The number of hydrogen-bond donors (Lipinski definition) is 2. The van der Waals surface area contributed by atoms with Crippen molar-refractivity contribution in [2.45, 2.75) is 13.8 Å². The molecule has 0 atom stereocenters. The second kappa shape index (κ2) is 5.16. The number of nitrogens with zero attached hydrogens (tertiary/aromatic N) is 1. The van der Waals surface area contributed by atoms with Gasteiger partial charge in [-0.25, -0.2) is 4.79 Å². The number of amides is 2. The van der Waals surface area contributed by atoms with Crippen LogP contribution >= 0.6 is 0 Å². The van der Waals surface area contributed by atoms with Gasteiger partial charge in [0.2, 0.25) is 6.41 Å². The first-order chi connectivity index (χ1) is 8.04. The quantitative estimate of drug-likeness (QED) is 0.671. The van der Waals surface area contributed by atoms with Gasteiger partial charge in [0.1, 0.15) is 0 Å². The maximum absolute atomic E-state index is 11.2. The highest BCUT2D eigenvalue weighted by atomic mass is 16.2. The Bertz CT molecular complexity index is 558. The van der Waals surface area contributed by atoms with Crippen molar-refractivity contribution < 1.29 is 9.59 Å². The van der Waals surface area contributed by atoms with Crippen molar-refractivity contribution in [2.24, 2.45) is 11.5 Å². The molecule has 0 aliphatic carbocycles. The van der Waals surface area contributed by atoms with E-state index in [0.717, 1.165) is 22.2 Å². The van der Waals surface area contributed by atoms with Crippen LogP contribution in [-0.4, -0.2) is 17.0 Å². The zero-order valence-electron chi connectivity index (χ0n) is 9.81. The van der Waals surface area contributed by atoms with E-state index in [1.165, 1.54) is 0 Å². The van der Waals surface area contributed by atoms with Crippen molar-refractivity contribution in [3.8, 4) is 0 Å². The molecule has 2 rings (SSSR count). The largest absolute Gasteiger partial charge is 0.372 e. The average molecular weight is 233 g/mol. The first-order valence-electron chi connectivity index (χ1n) is 5.06. The van der Waals surface area contributed by atoms with E-state index in [4.69, 9.17) is 10.5 Å². The molecule has 0 bridgehead atoms. The van der Waals surface area contributed by atoms with Crippen LogP contribution in [0.3, 0.4) is 0 Å². The monoisotopic (exact) mass is 233 g/mol. The number of carbonyl (C=O) groups excluding carboxylic acids is 2. The van der Waals surface area contributed by atoms with E-state index in [1.807, 2.05) is 38.1 Å². The Labute approximate surface area is 99.0 Å². The minimum Gasteiger partial charge on any atom is -0.372 e. The summed E-state index contributed by atoms with van der Waals surface area (Å²) in [6, 6.07) is 7.34. The summed E-state index contributed by atoms with van der Waals surface area (Å²) in [4.78, 5) is 19.8. The smallest absolute Gasteiger partial charge is 0.323 e. The third kappa shape index (κ3) is 2.28. The van der Waals surface area contributed by atoms with Gasteiger partial charge in [-0.3, -0.25) is 9.36 Å². The molecule has 2 aromatic rings. The van der Waals surface area contributed by atoms with Crippen LogP contribution in [0, 0.1) is 13.8 Å². The highest BCUT2D eigenvalue weighted by molar-refractivity contribution is 5.94. The van der Waals surface area contributed by atoms with Crippen molar-refractivity contribution in [2.75, 3.05) is 0 Å². The molecule has 5 heteroatoms. The van der Waals surface area contributed by atoms with Gasteiger partial charge in [0.25, 0.3) is 0 Å². The predicted octanol–water partition coefficient (Wildman–Crippen LogP) is 1.29. The van der Waals surface area contributed by atoms with E-state index >= 15 is 0 Å². The molecule has 1 aromatic carbocycles. The van der Waals surface area contributed by atoms with E-state index in [2.05, 4.69) is 5.73 Å². The summed E-state index contributed by atoms with van der Waals surface area (Å²) in [7, 11) is 0. The van der Waals surface area contributed by atoms with Crippen molar-refractivity contribution in [3.05, 3.63) is 35.5 Å². The number of aromatic nitrogens is 1. The number of primary amides is 2. The fraction of sp³-hybridized carbons (Fsp3) is 0.167. The first kappa shape index (κ1) is 12.8. The Morgan fingerprint density at radius 2 is 1.82 bits per heavy atom. The van der Waals surface area contributed by atoms with Gasteiger partial charge in [-0.2, -0.15) is 0 Å². The number of carbonyl (C=O) groups is 2. The van der Waals surface area contributed by atoms with Gasteiger partial charge in [-0.1, -0.05) is 18.2 Å². The second-order valence-electron chi connectivity index (χ2n) is 3.54. The van der Waals surface area contributed by atoms with Gasteiger partial charge in [0.15, 0.2) is 0 Å². The SMILES string of the molecule is Cc1c(C)n(C(N)=O)c2ccccc12.NC=O. The molecular formula is C12H15N3O2. The summed E-state index contributed by atoms with van der Waals surface area (Å²) < 4.78 is 1.55. The van der Waals surface area contributed by atoms with Gasteiger partial charge in [0.05, 0.1) is 5.52 Å². The van der Waals surface area contributed by atoms with Crippen LogP contribution in [0.15, 0.2) is 24.3 Å². The van der Waals surface area contributed by atoms with Crippen LogP contribution < -0.4 is 11.5 Å². The zero-order chi connectivity index (χ0) is 13.0. The van der Waals surface area contributed by atoms with Gasteiger partial charge >= 0.3 is 6.03 Å². The minimum absolute atomic E-state index is 0.250. The summed E-state index contributed by atoms with van der Waals surface area (Å²) in [6.45, 7) is 3.90. The highest BCUT2D eigenvalue weighted by Crippen LogP contribution is 2.23.